The van der Waals surface area contributed by atoms with Gasteiger partial charge in [-0.05, 0) is 112 Å². The molecule has 4 fully saturated rings. The predicted octanol–water partition coefficient (Wildman–Crippen LogP) is 5.40. The number of rotatable bonds is 11. The molecule has 5 aliphatic rings. The van der Waals surface area contributed by atoms with Crippen molar-refractivity contribution in [3.8, 4) is 0 Å². The lowest BCUT2D eigenvalue weighted by molar-refractivity contribution is -0.156. The highest BCUT2D eigenvalue weighted by atomic mass is 35.5. The molecule has 2 aromatic rings. The standard InChI is InChI=1S/C75H108ClF3N12O13/c1-14-48(5)63-71(101)85(9)44-62(94)87(11)59-45-104-38-21-15-20-36-91(70(59)100)58(41-50-28-26-47(4)27-29-50)69(99)84(8)43-60(92)80-54(33-31-49-30-32-52(53(76)40-49)75(77,78)79)67(97)90-37-22-25-55(90)66(96)82-74(34-18-19-35-74)73(103)89(13)64(51-23-16-17-24-51)72(102)88(12)57(68(98)83(6)7)42-61(93)86(10)56(39-46(2)3)65(95)81-63/h15,21,26-30,32,40,46,48,51,54-59,63-64H,14,16-20,22-25,31,33-39,41-45H2,1-13H3,(H,80,92)(H,81,95)(H,82,96)/b21-15-/t48-,54-,55?,56-,57-,58-,59-,63-,64-/m0/s1. The summed E-state index contributed by atoms with van der Waals surface area (Å²) in [4.78, 5) is 192. The van der Waals surface area contributed by atoms with Gasteiger partial charge in [0.25, 0.3) is 0 Å². The van der Waals surface area contributed by atoms with E-state index in [0.717, 1.165) is 45.2 Å². The summed E-state index contributed by atoms with van der Waals surface area (Å²) in [6.45, 7) is 7.48. The fourth-order valence-corrected chi connectivity index (χ4v) is 15.3. The molecular weight excluding hydrogens is 1370 g/mol. The zero-order chi connectivity index (χ0) is 76.8. The number of nitrogens with one attached hydrogen (secondary N) is 3. The Bertz CT molecular complexity index is 3470. The van der Waals surface area contributed by atoms with Gasteiger partial charge in [-0.15, -0.1) is 0 Å². The van der Waals surface area contributed by atoms with Crippen LogP contribution in [0.1, 0.15) is 146 Å². The smallest absolute Gasteiger partial charge is 0.375 e. The number of carbonyl (C=O) groups is 12. The molecule has 1 spiro atoms. The third kappa shape index (κ3) is 20.5. The summed E-state index contributed by atoms with van der Waals surface area (Å²) in [5.74, 6) is -9.52. The normalized spacial score (nSPS) is 26.1. The summed E-state index contributed by atoms with van der Waals surface area (Å²) >= 11 is 6.18. The van der Waals surface area contributed by atoms with Crippen molar-refractivity contribution in [1.29, 1.82) is 0 Å². The molecule has 2 saturated heterocycles. The van der Waals surface area contributed by atoms with E-state index in [1.54, 1.807) is 31.2 Å². The Morgan fingerprint density at radius 1 is 0.683 bits per heavy atom. The van der Waals surface area contributed by atoms with E-state index in [9.17, 15) is 41.9 Å². The van der Waals surface area contributed by atoms with Gasteiger partial charge in [-0.2, -0.15) is 13.2 Å². The van der Waals surface area contributed by atoms with Crippen molar-refractivity contribution in [1.82, 2.24) is 60.0 Å². The van der Waals surface area contributed by atoms with E-state index in [1.807, 2.05) is 39.8 Å². The van der Waals surface area contributed by atoms with E-state index in [4.69, 9.17) is 16.3 Å². The number of alkyl halides is 3. The van der Waals surface area contributed by atoms with Crippen LogP contribution in [-0.4, -0.2) is 265 Å². The minimum absolute atomic E-state index is 0.00994. The second-order valence-corrected chi connectivity index (χ2v) is 30.1. The van der Waals surface area contributed by atoms with E-state index in [0.29, 0.717) is 44.1 Å². The van der Waals surface area contributed by atoms with E-state index >= 15 is 28.8 Å². The van der Waals surface area contributed by atoms with Crippen LogP contribution >= 0.6 is 11.6 Å². The summed E-state index contributed by atoms with van der Waals surface area (Å²) in [6.07, 6.45) is 2.62. The minimum Gasteiger partial charge on any atom is -0.375 e. The lowest BCUT2D eigenvalue weighted by Gasteiger charge is -2.42. The van der Waals surface area contributed by atoms with Gasteiger partial charge in [-0.3, -0.25) is 57.5 Å². The van der Waals surface area contributed by atoms with Crippen LogP contribution in [0.15, 0.2) is 54.6 Å². The highest BCUT2D eigenvalue weighted by Gasteiger charge is 2.52. The number of ether oxygens (including phenoxy) is 1. The first-order chi connectivity index (χ1) is 49.0. The number of hydrogen-bond donors (Lipinski definition) is 3. The average molecular weight is 1480 g/mol. The van der Waals surface area contributed by atoms with Gasteiger partial charge in [0.05, 0.1) is 43.3 Å². The molecule has 3 aliphatic heterocycles. The molecule has 2 saturated carbocycles. The number of benzene rings is 2. The van der Waals surface area contributed by atoms with E-state index < -0.39 is 173 Å². The molecule has 0 aromatic heterocycles. The number of hydrogen-bond acceptors (Lipinski definition) is 13. The second-order valence-electron chi connectivity index (χ2n) is 29.7. The molecule has 3 N–H and O–H groups in total. The predicted molar refractivity (Wildman–Crippen MR) is 383 cm³/mol. The lowest BCUT2D eigenvalue weighted by atomic mass is 9.90. The maximum Gasteiger partial charge on any atom is 0.417 e. The number of nitrogens with zero attached hydrogens (tertiary/aromatic N) is 9. The average Bonchev–Trinajstić information content (AvgIpc) is 1.53. The third-order valence-corrected chi connectivity index (χ3v) is 21.8. The molecular formula is C75H108ClF3N12O13. The minimum atomic E-state index is -4.78. The lowest BCUT2D eigenvalue weighted by Crippen LogP contribution is -2.65. The van der Waals surface area contributed by atoms with Crippen LogP contribution < -0.4 is 16.0 Å². The maximum absolute atomic E-state index is 15.6. The number of likely N-dealkylation sites (N-methyl/N-ethyl adjacent to an activating group) is 7. The topological polar surface area (TPSA) is 279 Å². The van der Waals surface area contributed by atoms with Crippen LogP contribution in [-0.2, 0) is 81.3 Å². The Morgan fingerprint density at radius 3 is 1.94 bits per heavy atom. The van der Waals surface area contributed by atoms with Crippen LogP contribution in [0.25, 0.3) is 0 Å². The first kappa shape index (κ1) is 83.1. The largest absolute Gasteiger partial charge is 0.417 e. The number of fused-ring (bicyclic) bond motifs is 3. The Balaban J connectivity index is 1.33. The quantitative estimate of drug-likeness (QED) is 0.238. The zero-order valence-electron chi connectivity index (χ0n) is 62.7. The molecule has 574 valence electrons. The van der Waals surface area contributed by atoms with Crippen LogP contribution in [0.4, 0.5) is 13.2 Å². The fraction of sp³-hybridized carbons (Fsp3) is 0.653. The van der Waals surface area contributed by atoms with Gasteiger partial charge in [0, 0.05) is 75.9 Å². The Labute approximate surface area is 614 Å². The summed E-state index contributed by atoms with van der Waals surface area (Å²) in [5, 5.41) is 8.13. The SMILES string of the molecule is CC[C@H](C)[C@@H]1NC(=O)[C@H](CC(C)C)N(C)C(=O)C[C@@H](C(=O)N(C)C)N(C)C(=O)[C@H](C2CCCC2)N(C)C(=O)C2(CCCC2)NC(=O)C2CCCN2C(=O)[C@H](CCc2ccc(C(F)(F)F)c(Cl)c2)NC(=O)CN(C)C(=O)[C@H](Cc2ccc(C)cc2)N2CC/C=C\COC[C@@H](C2=O)N(C)C(=O)CN(C)C1=O. The number of aryl methyl sites for hydroxylation is 2. The van der Waals surface area contributed by atoms with Crippen molar-refractivity contribution >= 4 is 82.5 Å². The van der Waals surface area contributed by atoms with Crippen LogP contribution in [0.3, 0.4) is 0 Å². The first-order valence-electron chi connectivity index (χ1n) is 36.4. The summed E-state index contributed by atoms with van der Waals surface area (Å²) in [5.41, 5.74) is -0.866. The molecule has 12 amide bonds. The van der Waals surface area contributed by atoms with Crippen molar-refractivity contribution in [2.24, 2.45) is 17.8 Å². The molecule has 0 radical (unpaired) electrons. The van der Waals surface area contributed by atoms with Crippen molar-refractivity contribution < 1.29 is 75.4 Å². The van der Waals surface area contributed by atoms with Gasteiger partial charge < -0.3 is 64.8 Å². The molecule has 104 heavy (non-hydrogen) atoms. The van der Waals surface area contributed by atoms with E-state index in [1.165, 1.54) is 91.8 Å². The van der Waals surface area contributed by atoms with Crippen molar-refractivity contribution in [2.75, 3.05) is 95.8 Å². The van der Waals surface area contributed by atoms with Crippen molar-refractivity contribution in [2.45, 2.75) is 204 Å². The van der Waals surface area contributed by atoms with Gasteiger partial charge in [0.2, 0.25) is 70.9 Å². The molecule has 29 heteroatoms. The van der Waals surface area contributed by atoms with Gasteiger partial charge in [-0.1, -0.05) is 119 Å². The van der Waals surface area contributed by atoms with Crippen LogP contribution in [0, 0.1) is 24.7 Å². The second kappa shape index (κ2) is 36.7. The molecule has 2 aliphatic carbocycles. The number of carbonyl (C=O) groups excluding carboxylic acids is 12. The third-order valence-electron chi connectivity index (χ3n) is 21.5. The van der Waals surface area contributed by atoms with Crippen LogP contribution in [0.5, 0.6) is 0 Å². The molecule has 2 aromatic carbocycles. The van der Waals surface area contributed by atoms with E-state index in [2.05, 4.69) is 16.0 Å². The summed E-state index contributed by atoms with van der Waals surface area (Å²) < 4.78 is 47.8. The fourth-order valence-electron chi connectivity index (χ4n) is 15.0. The van der Waals surface area contributed by atoms with Gasteiger partial charge in [0.1, 0.15) is 53.9 Å². The highest BCUT2D eigenvalue weighted by Crippen LogP contribution is 2.38. The molecule has 25 nitrogen and oxygen atoms in total. The van der Waals surface area contributed by atoms with E-state index in [-0.39, 0.29) is 89.2 Å². The Kier molecular flexibility index (Phi) is 29.4. The molecule has 3 heterocycles. The van der Waals surface area contributed by atoms with Crippen molar-refractivity contribution in [3.63, 3.8) is 0 Å². The maximum atomic E-state index is 15.6. The highest BCUT2D eigenvalue weighted by molar-refractivity contribution is 6.31. The summed E-state index contributed by atoms with van der Waals surface area (Å²) in [7, 11) is 11.3. The molecule has 7 rings (SSSR count). The molecule has 9 atom stereocenters. The first-order valence-corrected chi connectivity index (χ1v) is 36.8. The number of halogens is 4. The molecule has 1 unspecified atom stereocenters. The van der Waals surface area contributed by atoms with Gasteiger partial charge in [-0.25, -0.2) is 0 Å². The number of amides is 12. The Hall–Kier alpha value is -8.14. The summed E-state index contributed by atoms with van der Waals surface area (Å²) in [6, 6.07) is -0.180. The van der Waals surface area contributed by atoms with Gasteiger partial charge in [0.15, 0.2) is 0 Å². The van der Waals surface area contributed by atoms with Crippen LogP contribution in [0.2, 0.25) is 5.02 Å². The monoisotopic (exact) mass is 1480 g/mol. The van der Waals surface area contributed by atoms with Crippen molar-refractivity contribution in [3.05, 3.63) is 81.9 Å². The van der Waals surface area contributed by atoms with Gasteiger partial charge >= 0.3 is 6.18 Å². The molecule has 2 bridgehead atoms. The Morgan fingerprint density at radius 2 is 1.33 bits per heavy atom. The zero-order valence-corrected chi connectivity index (χ0v) is 63.4.